The molecule has 1 rings (SSSR count). The Morgan fingerprint density at radius 2 is 2.50 bits per heavy atom. The summed E-state index contributed by atoms with van der Waals surface area (Å²) in [7, 11) is 0. The molecule has 0 spiro atoms. The van der Waals surface area contributed by atoms with E-state index in [9.17, 15) is 0 Å². The van der Waals surface area contributed by atoms with Gasteiger partial charge in [-0.2, -0.15) is 5.21 Å². The summed E-state index contributed by atoms with van der Waals surface area (Å²) in [5, 5.41) is 12.7. The van der Waals surface area contributed by atoms with Crippen LogP contribution in [0.1, 0.15) is 7.25 Å². The fourth-order valence-corrected chi connectivity index (χ4v) is 0.256. The molecule has 0 amide bonds. The Morgan fingerprint density at radius 1 is 1.75 bits per heavy atom. The normalized spacial score (nSPS) is 7.50. The molecule has 0 radical (unpaired) electrons. The second-order valence-electron chi connectivity index (χ2n) is 0.974. The van der Waals surface area contributed by atoms with E-state index in [0.717, 1.165) is 0 Å². The Kier molecular flexibility index (Phi) is 3.68. The molecule has 1 aromatic heterocycles. The molecule has 5 heteroatoms. The first kappa shape index (κ1) is 7.81. The molecule has 1 N–H and O–H groups in total. The SMILES string of the molecule is C=Cc1nn[nH]n1.[H-].[Na+]. The van der Waals surface area contributed by atoms with E-state index >= 15 is 0 Å². The van der Waals surface area contributed by atoms with E-state index in [1.54, 1.807) is 0 Å². The van der Waals surface area contributed by atoms with Gasteiger partial charge < -0.3 is 1.43 Å². The van der Waals surface area contributed by atoms with Crippen LogP contribution < -0.4 is 29.6 Å². The van der Waals surface area contributed by atoms with Crippen molar-refractivity contribution in [3.8, 4) is 0 Å². The third kappa shape index (κ3) is 1.73. The Morgan fingerprint density at radius 3 is 2.75 bits per heavy atom. The average Bonchev–Trinajstić information content (AvgIpc) is 2.14. The molecule has 0 atom stereocenters. The molecule has 0 saturated carbocycles. The zero-order chi connectivity index (χ0) is 5.11. The van der Waals surface area contributed by atoms with Crippen molar-refractivity contribution in [3.05, 3.63) is 12.4 Å². The first-order valence-corrected chi connectivity index (χ1v) is 1.79. The molecule has 0 fully saturated rings. The number of aromatic nitrogens is 4. The van der Waals surface area contributed by atoms with E-state index < -0.39 is 0 Å². The Bertz CT molecular complexity index is 151. The van der Waals surface area contributed by atoms with E-state index in [1.807, 2.05) is 0 Å². The van der Waals surface area contributed by atoms with Gasteiger partial charge in [-0.3, -0.25) is 0 Å². The standard InChI is InChI=1S/C3H4N4.Na.H/c1-2-3-4-6-7-5-3;;/h2H,1H2,(H,4,5,6,7);;/q;+1;-1. The summed E-state index contributed by atoms with van der Waals surface area (Å²) in [6.07, 6.45) is 1.52. The number of aromatic amines is 1. The minimum atomic E-state index is 0. The second kappa shape index (κ2) is 3.77. The number of rotatable bonds is 1. The van der Waals surface area contributed by atoms with Gasteiger partial charge in [-0.15, -0.1) is 10.2 Å². The van der Waals surface area contributed by atoms with Crippen LogP contribution in [-0.2, 0) is 0 Å². The molecule has 0 saturated heterocycles. The Labute approximate surface area is 70.1 Å². The zero-order valence-electron chi connectivity index (χ0n) is 5.63. The van der Waals surface area contributed by atoms with Crippen molar-refractivity contribution < 1.29 is 31.0 Å². The van der Waals surface area contributed by atoms with Gasteiger partial charge in [0.2, 0.25) is 0 Å². The molecule has 8 heavy (non-hydrogen) atoms. The fraction of sp³-hybridized carbons (Fsp3) is 0. The van der Waals surface area contributed by atoms with Crippen LogP contribution in [0.15, 0.2) is 6.58 Å². The monoisotopic (exact) mass is 120 g/mol. The van der Waals surface area contributed by atoms with E-state index in [-0.39, 0.29) is 31.0 Å². The number of tetrazole rings is 1. The van der Waals surface area contributed by atoms with E-state index in [4.69, 9.17) is 0 Å². The third-order valence-electron chi connectivity index (χ3n) is 0.544. The summed E-state index contributed by atoms with van der Waals surface area (Å²) >= 11 is 0. The number of nitrogens with zero attached hydrogens (tertiary/aromatic N) is 3. The molecular formula is C3H5N4Na. The maximum absolute atomic E-state index is 3.57. The average molecular weight is 120 g/mol. The molecule has 0 unspecified atom stereocenters. The Hall–Kier alpha value is -0.190. The minimum absolute atomic E-state index is 0. The van der Waals surface area contributed by atoms with Crippen LogP contribution >= 0.6 is 0 Å². The van der Waals surface area contributed by atoms with Crippen molar-refractivity contribution in [1.29, 1.82) is 0 Å². The van der Waals surface area contributed by atoms with E-state index in [1.165, 1.54) is 6.08 Å². The van der Waals surface area contributed by atoms with Crippen LogP contribution in [0.25, 0.3) is 6.08 Å². The smallest absolute Gasteiger partial charge is 1.00 e. The fourth-order valence-electron chi connectivity index (χ4n) is 0.256. The largest absolute Gasteiger partial charge is 1.00 e. The van der Waals surface area contributed by atoms with Crippen molar-refractivity contribution in [3.63, 3.8) is 0 Å². The first-order valence-electron chi connectivity index (χ1n) is 1.79. The molecule has 1 heterocycles. The van der Waals surface area contributed by atoms with Crippen LogP contribution in [0.2, 0.25) is 0 Å². The number of H-pyrrole nitrogens is 1. The van der Waals surface area contributed by atoms with Crippen molar-refractivity contribution in [2.24, 2.45) is 0 Å². The van der Waals surface area contributed by atoms with Gasteiger partial charge in [-0.25, -0.2) is 0 Å². The van der Waals surface area contributed by atoms with Gasteiger partial charge in [0, 0.05) is 0 Å². The van der Waals surface area contributed by atoms with Crippen molar-refractivity contribution in [2.45, 2.75) is 0 Å². The van der Waals surface area contributed by atoms with E-state index in [0.29, 0.717) is 5.82 Å². The van der Waals surface area contributed by atoms with Crippen LogP contribution in [0.5, 0.6) is 0 Å². The maximum Gasteiger partial charge on any atom is 1.00 e. The predicted molar refractivity (Wildman–Crippen MR) is 25.4 cm³/mol. The molecule has 38 valence electrons. The number of nitrogens with one attached hydrogen (secondary N) is 1. The van der Waals surface area contributed by atoms with Gasteiger partial charge >= 0.3 is 29.6 Å². The zero-order valence-corrected chi connectivity index (χ0v) is 6.63. The number of hydrogen-bond acceptors (Lipinski definition) is 3. The van der Waals surface area contributed by atoms with Crippen LogP contribution in [0.4, 0.5) is 0 Å². The summed E-state index contributed by atoms with van der Waals surface area (Å²) in [6.45, 7) is 3.42. The molecule has 0 aliphatic rings. The molecule has 0 aromatic carbocycles. The van der Waals surface area contributed by atoms with Crippen LogP contribution in [0.3, 0.4) is 0 Å². The quantitative estimate of drug-likeness (QED) is 0.401. The first-order chi connectivity index (χ1) is 3.43. The number of hydrogen-bond donors (Lipinski definition) is 1. The van der Waals surface area contributed by atoms with Gasteiger partial charge in [0.15, 0.2) is 5.82 Å². The third-order valence-corrected chi connectivity index (χ3v) is 0.544. The van der Waals surface area contributed by atoms with Crippen LogP contribution in [-0.4, -0.2) is 20.6 Å². The summed E-state index contributed by atoms with van der Waals surface area (Å²) in [4.78, 5) is 0. The second-order valence-corrected chi connectivity index (χ2v) is 0.974. The van der Waals surface area contributed by atoms with Gasteiger partial charge in [0.1, 0.15) is 0 Å². The maximum atomic E-state index is 3.57. The van der Waals surface area contributed by atoms with E-state index in [2.05, 4.69) is 27.2 Å². The molecule has 0 bridgehead atoms. The summed E-state index contributed by atoms with van der Waals surface area (Å²) in [6, 6.07) is 0. The topological polar surface area (TPSA) is 54.5 Å². The van der Waals surface area contributed by atoms with Crippen molar-refractivity contribution in [2.75, 3.05) is 0 Å². The van der Waals surface area contributed by atoms with Crippen molar-refractivity contribution >= 4 is 6.08 Å². The minimum Gasteiger partial charge on any atom is -1.00 e. The van der Waals surface area contributed by atoms with Gasteiger partial charge in [-0.05, 0) is 11.3 Å². The van der Waals surface area contributed by atoms with Gasteiger partial charge in [0.25, 0.3) is 0 Å². The van der Waals surface area contributed by atoms with Gasteiger partial charge in [-0.1, -0.05) is 6.58 Å². The van der Waals surface area contributed by atoms with Gasteiger partial charge in [0.05, 0.1) is 0 Å². The molecule has 0 aliphatic heterocycles. The van der Waals surface area contributed by atoms with Crippen molar-refractivity contribution in [1.82, 2.24) is 20.6 Å². The predicted octanol–water partition coefficient (Wildman–Crippen LogP) is -3.04. The summed E-state index contributed by atoms with van der Waals surface area (Å²) in [5.41, 5.74) is 0. The summed E-state index contributed by atoms with van der Waals surface area (Å²) in [5.74, 6) is 0.528. The molecular weight excluding hydrogens is 115 g/mol. The molecule has 0 aliphatic carbocycles. The summed E-state index contributed by atoms with van der Waals surface area (Å²) < 4.78 is 0. The molecule has 4 nitrogen and oxygen atoms in total. The molecule has 1 aromatic rings. The van der Waals surface area contributed by atoms with Crippen LogP contribution in [0, 0.1) is 0 Å². The Balaban J connectivity index is 0.